The quantitative estimate of drug-likeness (QED) is 0.426. The van der Waals surface area contributed by atoms with E-state index in [-0.39, 0.29) is 11.5 Å². The smallest absolute Gasteiger partial charge is 0.271 e. The van der Waals surface area contributed by atoms with Crippen molar-refractivity contribution < 1.29 is 14.5 Å². The van der Waals surface area contributed by atoms with Crippen molar-refractivity contribution in [2.24, 2.45) is 10.8 Å². The van der Waals surface area contributed by atoms with Crippen LogP contribution in [0.1, 0.15) is 53.2 Å². The van der Waals surface area contributed by atoms with Gasteiger partial charge in [0, 0.05) is 23.3 Å². The van der Waals surface area contributed by atoms with Crippen LogP contribution in [0.4, 0.5) is 11.4 Å². The molecular formula is C27H30N2O4. The van der Waals surface area contributed by atoms with Gasteiger partial charge in [0.25, 0.3) is 5.69 Å². The van der Waals surface area contributed by atoms with Gasteiger partial charge in [0.2, 0.25) is 0 Å². The molecule has 0 aromatic heterocycles. The Balaban J connectivity index is 2.01. The van der Waals surface area contributed by atoms with Gasteiger partial charge in [-0.3, -0.25) is 14.9 Å². The second-order valence-corrected chi connectivity index (χ2v) is 10.8. The first-order chi connectivity index (χ1) is 15.3. The third kappa shape index (κ3) is 4.06. The fourth-order valence-corrected chi connectivity index (χ4v) is 4.46. The first-order valence-corrected chi connectivity index (χ1v) is 11.1. The number of hydrogen-bond acceptors (Lipinski definition) is 5. The summed E-state index contributed by atoms with van der Waals surface area (Å²) in [4.78, 5) is 24.6. The van der Waals surface area contributed by atoms with Crippen molar-refractivity contribution in [3.63, 3.8) is 0 Å². The van der Waals surface area contributed by atoms with E-state index in [0.717, 1.165) is 5.56 Å². The van der Waals surface area contributed by atoms with Crippen LogP contribution in [0.3, 0.4) is 0 Å². The maximum atomic E-state index is 13.6. The van der Waals surface area contributed by atoms with Crippen molar-refractivity contribution in [2.45, 2.75) is 53.2 Å². The van der Waals surface area contributed by atoms with Gasteiger partial charge >= 0.3 is 0 Å². The van der Waals surface area contributed by atoms with Gasteiger partial charge in [0.1, 0.15) is 11.3 Å². The zero-order valence-electron chi connectivity index (χ0n) is 19.9. The normalized spacial score (nSPS) is 19.7. The van der Waals surface area contributed by atoms with Gasteiger partial charge in [-0.05, 0) is 34.6 Å². The average Bonchev–Trinajstić information content (AvgIpc) is 2.73. The van der Waals surface area contributed by atoms with Crippen LogP contribution in [0.5, 0.6) is 5.75 Å². The minimum absolute atomic E-state index is 0.0231. The number of non-ortho nitro benzene ring substituents is 1. The van der Waals surface area contributed by atoms with Crippen LogP contribution in [0, 0.1) is 20.9 Å². The molecule has 1 atom stereocenters. The van der Waals surface area contributed by atoms with E-state index in [4.69, 9.17) is 4.74 Å². The highest BCUT2D eigenvalue weighted by atomic mass is 16.6. The molecule has 0 fully saturated rings. The minimum Gasteiger partial charge on any atom is -0.480 e. The second-order valence-electron chi connectivity index (χ2n) is 10.8. The summed E-state index contributed by atoms with van der Waals surface area (Å²) >= 11 is 0. The number of rotatable bonds is 2. The van der Waals surface area contributed by atoms with E-state index in [1.165, 1.54) is 12.1 Å². The Morgan fingerprint density at radius 1 is 0.939 bits per heavy atom. The maximum Gasteiger partial charge on any atom is 0.271 e. The van der Waals surface area contributed by atoms with Gasteiger partial charge < -0.3 is 10.1 Å². The third-order valence-electron chi connectivity index (χ3n) is 6.18. The molecule has 6 heteroatoms. The number of anilines is 1. The second kappa shape index (κ2) is 7.58. The lowest BCUT2D eigenvalue weighted by atomic mass is 9.67. The van der Waals surface area contributed by atoms with Crippen molar-refractivity contribution in [1.82, 2.24) is 0 Å². The molecule has 0 saturated heterocycles. The molecule has 0 saturated carbocycles. The van der Waals surface area contributed by atoms with Gasteiger partial charge in [0.05, 0.1) is 10.6 Å². The minimum atomic E-state index is -0.900. The number of fused-ring (bicyclic) bond motifs is 1. The fraction of sp³-hybridized carbons (Fsp3) is 0.370. The molecule has 0 bridgehead atoms. The van der Waals surface area contributed by atoms with Gasteiger partial charge in [-0.2, -0.15) is 0 Å². The molecule has 0 radical (unpaired) electrons. The van der Waals surface area contributed by atoms with Crippen molar-refractivity contribution in [3.8, 4) is 5.75 Å². The Labute approximate surface area is 194 Å². The van der Waals surface area contributed by atoms with E-state index in [1.807, 2.05) is 84.0 Å². The van der Waals surface area contributed by atoms with E-state index < -0.39 is 27.4 Å². The highest BCUT2D eigenvalue weighted by Crippen LogP contribution is 2.50. The lowest BCUT2D eigenvalue weighted by molar-refractivity contribution is -0.384. The Morgan fingerprint density at radius 3 is 2.03 bits per heavy atom. The number of ketones is 1. The van der Waals surface area contributed by atoms with Crippen LogP contribution in [-0.2, 0) is 4.79 Å². The summed E-state index contributed by atoms with van der Waals surface area (Å²) in [5.41, 5.74) is 1.13. The predicted molar refractivity (Wildman–Crippen MR) is 129 cm³/mol. The molecule has 4 rings (SSSR count). The number of Topliss-reactive ketones (excluding diaryl/α,β-unsaturated/α-hetero) is 1. The van der Waals surface area contributed by atoms with Crippen molar-refractivity contribution >= 4 is 17.2 Å². The highest BCUT2D eigenvalue weighted by molar-refractivity contribution is 6.11. The largest absolute Gasteiger partial charge is 0.480 e. The standard InChI is InChI=1S/C27H30N2O4/c1-25(2,3)19-15-27(16-20(23(19)30)26(4,5)6)24(17-10-8-7-9-11-17)33-22-13-12-18(29(31)32)14-21(22)28-27/h7-16,24,28H,1-6H3/t24-/m1/s1. The molecular weight excluding hydrogens is 416 g/mol. The number of carbonyl (C=O) groups excluding carboxylic acids is 1. The summed E-state index contributed by atoms with van der Waals surface area (Å²) in [6.07, 6.45) is 3.45. The molecule has 0 amide bonds. The van der Waals surface area contributed by atoms with Gasteiger partial charge in [-0.1, -0.05) is 71.9 Å². The van der Waals surface area contributed by atoms with E-state index >= 15 is 0 Å². The van der Waals surface area contributed by atoms with Crippen LogP contribution in [0.25, 0.3) is 0 Å². The zero-order chi connectivity index (χ0) is 24.2. The first kappa shape index (κ1) is 22.8. The summed E-state index contributed by atoms with van der Waals surface area (Å²) in [5.74, 6) is 0.562. The number of ether oxygens (including phenoxy) is 1. The lowest BCUT2D eigenvalue weighted by Gasteiger charge is -2.47. The van der Waals surface area contributed by atoms with Crippen molar-refractivity contribution in [3.05, 3.63) is 87.5 Å². The number of carbonyl (C=O) groups is 1. The summed E-state index contributed by atoms with van der Waals surface area (Å²) in [5, 5.41) is 15.0. The topological polar surface area (TPSA) is 81.5 Å². The Bertz CT molecular complexity index is 1150. The lowest BCUT2D eigenvalue weighted by Crippen LogP contribution is -2.50. The summed E-state index contributed by atoms with van der Waals surface area (Å²) in [6, 6.07) is 14.4. The van der Waals surface area contributed by atoms with E-state index in [9.17, 15) is 14.9 Å². The molecule has 2 aliphatic rings. The fourth-order valence-electron chi connectivity index (χ4n) is 4.46. The van der Waals surface area contributed by atoms with Crippen LogP contribution in [0.15, 0.2) is 71.8 Å². The average molecular weight is 447 g/mol. The SMILES string of the molecule is CC(C)(C)C1=CC2(C=C(C(C)(C)C)C1=O)Nc1cc([N+](=O)[O-])ccc1O[C@@H]2c1ccccc1. The highest BCUT2D eigenvalue weighted by Gasteiger charge is 2.49. The number of allylic oxidation sites excluding steroid dienone is 2. The molecule has 1 aliphatic heterocycles. The summed E-state index contributed by atoms with van der Waals surface area (Å²) < 4.78 is 6.52. The molecule has 1 N–H and O–H groups in total. The molecule has 0 unspecified atom stereocenters. The number of nitro groups is 1. The molecule has 2 aromatic rings. The Hall–Kier alpha value is -3.41. The molecule has 33 heavy (non-hydrogen) atoms. The van der Waals surface area contributed by atoms with E-state index in [2.05, 4.69) is 5.32 Å². The van der Waals surface area contributed by atoms with E-state index in [0.29, 0.717) is 22.6 Å². The number of nitrogens with one attached hydrogen (secondary N) is 1. The van der Waals surface area contributed by atoms with Crippen molar-refractivity contribution in [1.29, 1.82) is 0 Å². The molecule has 172 valence electrons. The van der Waals surface area contributed by atoms with Crippen LogP contribution < -0.4 is 10.1 Å². The van der Waals surface area contributed by atoms with Crippen molar-refractivity contribution in [2.75, 3.05) is 5.32 Å². The molecule has 2 aromatic carbocycles. The molecule has 1 spiro atoms. The number of nitrogens with zero attached hydrogens (tertiary/aromatic N) is 1. The van der Waals surface area contributed by atoms with Gasteiger partial charge in [-0.25, -0.2) is 0 Å². The van der Waals surface area contributed by atoms with Gasteiger partial charge in [0.15, 0.2) is 11.9 Å². The third-order valence-corrected chi connectivity index (χ3v) is 6.18. The van der Waals surface area contributed by atoms with Crippen LogP contribution in [0.2, 0.25) is 0 Å². The summed E-state index contributed by atoms with van der Waals surface area (Å²) in [7, 11) is 0. The molecule has 6 nitrogen and oxygen atoms in total. The number of benzene rings is 2. The predicted octanol–water partition coefficient (Wildman–Crippen LogP) is 6.41. The summed E-state index contributed by atoms with van der Waals surface area (Å²) in [6.45, 7) is 12.1. The Morgan fingerprint density at radius 2 is 1.52 bits per heavy atom. The molecule has 1 heterocycles. The molecule has 1 aliphatic carbocycles. The van der Waals surface area contributed by atoms with Crippen LogP contribution >= 0.6 is 0 Å². The number of nitro benzene ring substituents is 1. The van der Waals surface area contributed by atoms with Crippen LogP contribution in [-0.4, -0.2) is 16.2 Å². The number of hydrogen-bond donors (Lipinski definition) is 1. The monoisotopic (exact) mass is 446 g/mol. The van der Waals surface area contributed by atoms with Gasteiger partial charge in [-0.15, -0.1) is 0 Å². The zero-order valence-corrected chi connectivity index (χ0v) is 19.9. The van der Waals surface area contributed by atoms with E-state index in [1.54, 1.807) is 6.07 Å². The maximum absolute atomic E-state index is 13.6. The first-order valence-electron chi connectivity index (χ1n) is 11.1. The Kier molecular flexibility index (Phi) is 5.23.